The zero-order valence-electron chi connectivity index (χ0n) is 12.7. The second-order valence-corrected chi connectivity index (χ2v) is 5.09. The fourth-order valence-electron chi connectivity index (χ4n) is 1.88. The number of nitrogens with two attached hydrogens (primary N) is 1. The molecule has 23 heavy (non-hydrogen) atoms. The quantitative estimate of drug-likeness (QED) is 0.378. The van der Waals surface area contributed by atoms with Crippen LogP contribution in [0.1, 0.15) is 12.5 Å². The molecule has 126 valence electrons. The SMILES string of the molecule is C[C@@H](O)[C@H](NC(=O)Cc1ccccc1)C(=O)N[C@@H](CO)C(N)=O. The number of hydrogen-bond donors (Lipinski definition) is 5. The van der Waals surface area contributed by atoms with Gasteiger partial charge in [0, 0.05) is 0 Å². The van der Waals surface area contributed by atoms with Crippen LogP contribution in [0.2, 0.25) is 0 Å². The Morgan fingerprint density at radius 2 is 1.78 bits per heavy atom. The molecule has 0 spiro atoms. The van der Waals surface area contributed by atoms with Crippen molar-refractivity contribution in [1.29, 1.82) is 0 Å². The Morgan fingerprint density at radius 3 is 2.26 bits per heavy atom. The molecule has 0 aliphatic rings. The van der Waals surface area contributed by atoms with Crippen LogP contribution in [-0.4, -0.2) is 52.7 Å². The number of aliphatic hydroxyl groups excluding tert-OH is 2. The van der Waals surface area contributed by atoms with Gasteiger partial charge in [-0.05, 0) is 12.5 Å². The molecular formula is C15H21N3O5. The Balaban J connectivity index is 2.69. The first-order valence-electron chi connectivity index (χ1n) is 7.07. The van der Waals surface area contributed by atoms with Crippen molar-refractivity contribution in [2.45, 2.75) is 31.5 Å². The van der Waals surface area contributed by atoms with Gasteiger partial charge in [-0.25, -0.2) is 0 Å². The van der Waals surface area contributed by atoms with Gasteiger partial charge in [-0.1, -0.05) is 30.3 Å². The van der Waals surface area contributed by atoms with Crippen LogP contribution in [0, 0.1) is 0 Å². The van der Waals surface area contributed by atoms with E-state index in [2.05, 4.69) is 10.6 Å². The molecule has 8 heteroatoms. The van der Waals surface area contributed by atoms with Gasteiger partial charge in [0.05, 0.1) is 19.1 Å². The third kappa shape index (κ3) is 6.05. The number of carbonyl (C=O) groups excluding carboxylic acids is 3. The number of amides is 3. The maximum atomic E-state index is 12.0. The Labute approximate surface area is 133 Å². The number of rotatable bonds is 8. The first-order valence-corrected chi connectivity index (χ1v) is 7.07. The highest BCUT2D eigenvalue weighted by molar-refractivity contribution is 5.92. The lowest BCUT2D eigenvalue weighted by atomic mass is 10.1. The van der Waals surface area contributed by atoms with E-state index in [0.717, 1.165) is 5.56 Å². The Morgan fingerprint density at radius 1 is 1.17 bits per heavy atom. The van der Waals surface area contributed by atoms with E-state index in [4.69, 9.17) is 10.8 Å². The van der Waals surface area contributed by atoms with E-state index >= 15 is 0 Å². The molecule has 3 amide bonds. The van der Waals surface area contributed by atoms with Crippen LogP contribution in [0.15, 0.2) is 30.3 Å². The van der Waals surface area contributed by atoms with Crippen LogP contribution in [0.3, 0.4) is 0 Å². The van der Waals surface area contributed by atoms with E-state index in [1.54, 1.807) is 24.3 Å². The third-order valence-electron chi connectivity index (χ3n) is 3.13. The molecule has 3 atom stereocenters. The second kappa shape index (κ2) is 8.86. The number of carbonyl (C=O) groups is 3. The summed E-state index contributed by atoms with van der Waals surface area (Å²) in [5.41, 5.74) is 5.76. The lowest BCUT2D eigenvalue weighted by Crippen LogP contribution is -2.57. The van der Waals surface area contributed by atoms with Crippen LogP contribution < -0.4 is 16.4 Å². The minimum Gasteiger partial charge on any atom is -0.394 e. The Hall–Kier alpha value is -2.45. The lowest BCUT2D eigenvalue weighted by molar-refractivity contribution is -0.134. The lowest BCUT2D eigenvalue weighted by Gasteiger charge is -2.23. The number of primary amides is 1. The van der Waals surface area contributed by atoms with Crippen LogP contribution in [-0.2, 0) is 20.8 Å². The van der Waals surface area contributed by atoms with E-state index in [-0.39, 0.29) is 6.42 Å². The Kier molecular flexibility index (Phi) is 7.17. The van der Waals surface area contributed by atoms with Gasteiger partial charge in [-0.3, -0.25) is 14.4 Å². The zero-order chi connectivity index (χ0) is 17.4. The van der Waals surface area contributed by atoms with Crippen molar-refractivity contribution in [2.75, 3.05) is 6.61 Å². The highest BCUT2D eigenvalue weighted by Crippen LogP contribution is 2.01. The van der Waals surface area contributed by atoms with Gasteiger partial charge >= 0.3 is 0 Å². The summed E-state index contributed by atoms with van der Waals surface area (Å²) in [5, 5.41) is 23.2. The first kappa shape index (κ1) is 18.6. The normalized spacial score (nSPS) is 14.4. The average Bonchev–Trinajstić information content (AvgIpc) is 2.50. The summed E-state index contributed by atoms with van der Waals surface area (Å²) in [4.78, 5) is 35.0. The molecule has 0 fully saturated rings. The van der Waals surface area contributed by atoms with Crippen molar-refractivity contribution in [1.82, 2.24) is 10.6 Å². The second-order valence-electron chi connectivity index (χ2n) is 5.09. The van der Waals surface area contributed by atoms with Gasteiger partial charge in [0.15, 0.2) is 0 Å². The fourth-order valence-corrected chi connectivity index (χ4v) is 1.88. The van der Waals surface area contributed by atoms with E-state index in [1.165, 1.54) is 6.92 Å². The van der Waals surface area contributed by atoms with E-state index in [1.807, 2.05) is 6.07 Å². The predicted octanol–water partition coefficient (Wildman–Crippen LogP) is -1.94. The van der Waals surface area contributed by atoms with Crippen molar-refractivity contribution >= 4 is 17.7 Å². The molecule has 0 heterocycles. The number of aliphatic hydroxyl groups is 2. The van der Waals surface area contributed by atoms with Crippen molar-refractivity contribution in [3.8, 4) is 0 Å². The molecule has 1 aromatic carbocycles. The van der Waals surface area contributed by atoms with Crippen LogP contribution in [0.4, 0.5) is 0 Å². The van der Waals surface area contributed by atoms with E-state index in [0.29, 0.717) is 0 Å². The van der Waals surface area contributed by atoms with Gasteiger partial charge in [0.1, 0.15) is 12.1 Å². The molecule has 0 saturated heterocycles. The van der Waals surface area contributed by atoms with Crippen LogP contribution in [0.5, 0.6) is 0 Å². The molecule has 0 saturated carbocycles. The third-order valence-corrected chi connectivity index (χ3v) is 3.13. The average molecular weight is 323 g/mol. The number of benzene rings is 1. The maximum absolute atomic E-state index is 12.0. The van der Waals surface area contributed by atoms with Crippen molar-refractivity contribution in [3.05, 3.63) is 35.9 Å². The predicted molar refractivity (Wildman–Crippen MR) is 82.0 cm³/mol. The van der Waals surface area contributed by atoms with E-state index in [9.17, 15) is 19.5 Å². The van der Waals surface area contributed by atoms with Crippen molar-refractivity contribution < 1.29 is 24.6 Å². The fraction of sp³-hybridized carbons (Fsp3) is 0.400. The van der Waals surface area contributed by atoms with Crippen molar-refractivity contribution in [3.63, 3.8) is 0 Å². The molecule has 1 rings (SSSR count). The molecule has 8 nitrogen and oxygen atoms in total. The van der Waals surface area contributed by atoms with Gasteiger partial charge in [-0.15, -0.1) is 0 Å². The van der Waals surface area contributed by atoms with Gasteiger partial charge < -0.3 is 26.6 Å². The monoisotopic (exact) mass is 323 g/mol. The summed E-state index contributed by atoms with van der Waals surface area (Å²) >= 11 is 0. The summed E-state index contributed by atoms with van der Waals surface area (Å²) in [6, 6.07) is 6.33. The molecular weight excluding hydrogens is 302 g/mol. The summed E-state index contributed by atoms with van der Waals surface area (Å²) in [7, 11) is 0. The molecule has 0 aromatic heterocycles. The minimum atomic E-state index is -1.28. The molecule has 0 aliphatic carbocycles. The summed E-state index contributed by atoms with van der Waals surface area (Å²) < 4.78 is 0. The Bertz CT molecular complexity index is 547. The largest absolute Gasteiger partial charge is 0.394 e. The molecule has 0 bridgehead atoms. The number of nitrogens with one attached hydrogen (secondary N) is 2. The standard InChI is InChI=1S/C15H21N3O5/c1-9(20)13(15(23)17-11(8-19)14(16)22)18-12(21)7-10-5-3-2-4-6-10/h2-6,9,11,13,19-20H,7-8H2,1H3,(H2,16,22)(H,17,23)(H,18,21)/t9-,11+,13+/m1/s1. The molecule has 0 aliphatic heterocycles. The smallest absolute Gasteiger partial charge is 0.245 e. The minimum absolute atomic E-state index is 0.0383. The first-order chi connectivity index (χ1) is 10.8. The van der Waals surface area contributed by atoms with Crippen molar-refractivity contribution in [2.24, 2.45) is 5.73 Å². The molecule has 1 aromatic rings. The van der Waals surface area contributed by atoms with Crippen LogP contribution >= 0.6 is 0 Å². The molecule has 0 radical (unpaired) electrons. The number of hydrogen-bond acceptors (Lipinski definition) is 5. The van der Waals surface area contributed by atoms with E-state index < -0.39 is 42.5 Å². The molecule has 0 unspecified atom stereocenters. The highest BCUT2D eigenvalue weighted by atomic mass is 16.3. The summed E-state index contributed by atoms with van der Waals surface area (Å²) in [6.45, 7) is 0.650. The van der Waals surface area contributed by atoms with Gasteiger partial charge in [0.25, 0.3) is 0 Å². The zero-order valence-corrected chi connectivity index (χ0v) is 12.7. The van der Waals surface area contributed by atoms with Gasteiger partial charge in [0.2, 0.25) is 17.7 Å². The topological polar surface area (TPSA) is 142 Å². The maximum Gasteiger partial charge on any atom is 0.245 e. The van der Waals surface area contributed by atoms with Crippen LogP contribution in [0.25, 0.3) is 0 Å². The summed E-state index contributed by atoms with van der Waals surface area (Å²) in [6.07, 6.45) is -1.15. The summed E-state index contributed by atoms with van der Waals surface area (Å²) in [5.74, 6) is -2.18. The molecule has 6 N–H and O–H groups in total. The van der Waals surface area contributed by atoms with Gasteiger partial charge in [-0.2, -0.15) is 0 Å². The highest BCUT2D eigenvalue weighted by Gasteiger charge is 2.28.